The van der Waals surface area contributed by atoms with Gasteiger partial charge in [0.2, 0.25) is 5.91 Å². The fourth-order valence-electron chi connectivity index (χ4n) is 8.05. The average Bonchev–Trinajstić information content (AvgIpc) is 3.53. The molecule has 4 aromatic rings. The number of hydrogen-bond acceptors (Lipinski definition) is 8. The number of ketones is 1. The van der Waals surface area contributed by atoms with Crippen LogP contribution in [-0.2, 0) is 38.6 Å². The molecule has 3 aliphatic rings. The summed E-state index contributed by atoms with van der Waals surface area (Å²) in [5.74, 6) is 0.0115. The first-order valence-corrected chi connectivity index (χ1v) is 19.2. The smallest absolute Gasteiger partial charge is 0.315 e. The number of anilines is 1. The van der Waals surface area contributed by atoms with E-state index in [0.29, 0.717) is 19.6 Å². The van der Waals surface area contributed by atoms with Gasteiger partial charge in [0, 0.05) is 43.3 Å². The number of para-hydroxylation sites is 1. The van der Waals surface area contributed by atoms with Crippen LogP contribution in [-0.4, -0.2) is 71.7 Å². The number of urea groups is 1. The van der Waals surface area contributed by atoms with Crippen molar-refractivity contribution in [2.24, 2.45) is 5.92 Å². The molecule has 11 heteroatoms. The summed E-state index contributed by atoms with van der Waals surface area (Å²) < 4.78 is 13.5. The van der Waals surface area contributed by atoms with Crippen molar-refractivity contribution < 1.29 is 29.0 Å². The van der Waals surface area contributed by atoms with E-state index >= 15 is 0 Å². The molecule has 0 aliphatic carbocycles. The Morgan fingerprint density at radius 3 is 2.15 bits per heavy atom. The van der Waals surface area contributed by atoms with Crippen LogP contribution in [0.4, 0.5) is 10.5 Å². The Balaban J connectivity index is 1.01. The summed E-state index contributed by atoms with van der Waals surface area (Å²) in [6.07, 6.45) is 0.820. The van der Waals surface area contributed by atoms with Crippen molar-refractivity contribution in [3.05, 3.63) is 137 Å². The molecule has 3 saturated heterocycles. The topological polar surface area (TPSA) is 132 Å². The second kappa shape index (κ2) is 17.2. The lowest BCUT2D eigenvalue weighted by atomic mass is 9.84. The summed E-state index contributed by atoms with van der Waals surface area (Å²) in [6, 6.07) is 34.5. The number of carbonyl (C=O) groups is 3. The van der Waals surface area contributed by atoms with Crippen LogP contribution in [0.5, 0.6) is 0 Å². The van der Waals surface area contributed by atoms with Crippen molar-refractivity contribution in [1.82, 2.24) is 20.9 Å². The van der Waals surface area contributed by atoms with Gasteiger partial charge in [-0.05, 0) is 60.6 Å². The lowest BCUT2D eigenvalue weighted by Crippen LogP contribution is -2.57. The van der Waals surface area contributed by atoms with Gasteiger partial charge >= 0.3 is 6.03 Å². The highest BCUT2D eigenvalue weighted by atomic mass is 16.7. The summed E-state index contributed by atoms with van der Waals surface area (Å²) >= 11 is 0. The monoisotopic (exact) mass is 745 g/mol. The van der Waals surface area contributed by atoms with E-state index in [9.17, 15) is 19.5 Å². The third kappa shape index (κ3) is 8.76. The third-order valence-electron chi connectivity index (χ3n) is 11.4. The largest absolute Gasteiger partial charge is 0.392 e. The fourth-order valence-corrected chi connectivity index (χ4v) is 8.05. The molecule has 0 saturated carbocycles. The molecule has 3 aliphatic heterocycles. The van der Waals surface area contributed by atoms with E-state index in [-0.39, 0.29) is 43.0 Å². The second-order valence-corrected chi connectivity index (χ2v) is 15.0. The number of likely N-dealkylation sites (tertiary alicyclic amines) is 1. The Morgan fingerprint density at radius 1 is 0.855 bits per heavy atom. The highest BCUT2D eigenvalue weighted by Crippen LogP contribution is 2.43. The number of rotatable bonds is 12. The van der Waals surface area contributed by atoms with Crippen LogP contribution in [0.3, 0.4) is 0 Å². The summed E-state index contributed by atoms with van der Waals surface area (Å²) in [5.41, 5.74) is 5.08. The minimum atomic E-state index is -0.631. The van der Waals surface area contributed by atoms with Gasteiger partial charge in [-0.25, -0.2) is 4.79 Å². The number of carbonyl (C=O) groups excluding carboxylic acids is 3. The van der Waals surface area contributed by atoms with Gasteiger partial charge in [0.25, 0.3) is 0 Å². The molecule has 1 spiro atoms. The zero-order chi connectivity index (χ0) is 38.4. The third-order valence-corrected chi connectivity index (χ3v) is 11.4. The van der Waals surface area contributed by atoms with Crippen LogP contribution in [0, 0.1) is 5.92 Å². The summed E-state index contributed by atoms with van der Waals surface area (Å²) in [6.45, 7) is 6.63. The van der Waals surface area contributed by atoms with E-state index in [1.54, 1.807) is 0 Å². The van der Waals surface area contributed by atoms with E-state index in [1.807, 2.05) is 97.1 Å². The molecule has 3 heterocycles. The Kier molecular flexibility index (Phi) is 11.9. The molecule has 4 aromatic carbocycles. The minimum absolute atomic E-state index is 0.0189. The van der Waals surface area contributed by atoms with Gasteiger partial charge in [0.1, 0.15) is 5.54 Å². The molecular weight excluding hydrogens is 695 g/mol. The average molecular weight is 746 g/mol. The van der Waals surface area contributed by atoms with E-state index in [1.165, 1.54) is 6.92 Å². The van der Waals surface area contributed by atoms with Crippen LogP contribution in [0.2, 0.25) is 0 Å². The number of Topliss-reactive ketones (excluding diaryl/α,β-unsaturated/α-hetero) is 1. The number of amides is 3. The van der Waals surface area contributed by atoms with Gasteiger partial charge in [-0.3, -0.25) is 9.59 Å². The number of ether oxygens (including phenoxy) is 2. The predicted octanol–water partition coefficient (Wildman–Crippen LogP) is 5.40. The fraction of sp³-hybridized carbons (Fsp3) is 0.386. The molecule has 288 valence electrons. The van der Waals surface area contributed by atoms with Gasteiger partial charge in [-0.1, -0.05) is 104 Å². The van der Waals surface area contributed by atoms with Crippen LogP contribution in [0.1, 0.15) is 66.9 Å². The maximum atomic E-state index is 13.3. The number of hydrogen-bond donors (Lipinski definition) is 4. The number of aliphatic hydroxyl groups is 1. The zero-order valence-corrected chi connectivity index (χ0v) is 31.5. The van der Waals surface area contributed by atoms with Crippen molar-refractivity contribution in [3.63, 3.8) is 0 Å². The molecule has 0 bridgehead atoms. The van der Waals surface area contributed by atoms with Crippen molar-refractivity contribution in [3.8, 4) is 0 Å². The number of nitrogens with one attached hydrogen (secondary N) is 3. The number of piperidine rings is 1. The molecule has 55 heavy (non-hydrogen) atoms. The summed E-state index contributed by atoms with van der Waals surface area (Å²) in [4.78, 5) is 43.0. The minimum Gasteiger partial charge on any atom is -0.392 e. The lowest BCUT2D eigenvalue weighted by Gasteiger charge is -2.46. The molecule has 3 fully saturated rings. The van der Waals surface area contributed by atoms with Gasteiger partial charge < -0.3 is 40.3 Å². The molecule has 5 atom stereocenters. The molecule has 0 radical (unpaired) electrons. The molecule has 7 rings (SSSR count). The SMILES string of the molecule is CC(=O)[C@@H](Cc1ccccc1)NC(=O)NCc1ccc(C2O[C@H](CN3CCC4(CC3)C(=O)NCN4c3ccccc3)[C@H](C)[C@H](c3ccc(CO)cc3)O2)cc1. The van der Waals surface area contributed by atoms with Crippen molar-refractivity contribution in [2.45, 2.75) is 76.3 Å². The molecule has 1 unspecified atom stereocenters. The Labute approximate surface area is 323 Å². The van der Waals surface area contributed by atoms with Gasteiger partial charge in [-0.2, -0.15) is 0 Å². The van der Waals surface area contributed by atoms with E-state index in [4.69, 9.17) is 9.47 Å². The van der Waals surface area contributed by atoms with E-state index < -0.39 is 23.9 Å². The molecule has 11 nitrogen and oxygen atoms in total. The maximum absolute atomic E-state index is 13.3. The predicted molar refractivity (Wildman–Crippen MR) is 210 cm³/mol. The van der Waals surface area contributed by atoms with Crippen LogP contribution in [0.15, 0.2) is 109 Å². The Bertz CT molecular complexity index is 1900. The van der Waals surface area contributed by atoms with Gasteiger partial charge in [0.15, 0.2) is 12.1 Å². The first-order chi connectivity index (χ1) is 26.7. The maximum Gasteiger partial charge on any atom is 0.315 e. The van der Waals surface area contributed by atoms with Crippen LogP contribution < -0.4 is 20.9 Å². The number of benzene rings is 4. The van der Waals surface area contributed by atoms with Crippen LogP contribution in [0.25, 0.3) is 0 Å². The molecular formula is C44H51N5O6. The number of aliphatic hydroxyl groups excluding tert-OH is 1. The number of nitrogens with zero attached hydrogens (tertiary/aromatic N) is 2. The highest BCUT2D eigenvalue weighted by molar-refractivity contribution is 5.93. The highest BCUT2D eigenvalue weighted by Gasteiger charge is 2.51. The van der Waals surface area contributed by atoms with Gasteiger partial charge in [0.05, 0.1) is 31.5 Å². The molecule has 4 N–H and O–H groups in total. The lowest BCUT2D eigenvalue weighted by molar-refractivity contribution is -0.276. The van der Waals surface area contributed by atoms with Crippen molar-refractivity contribution in [2.75, 3.05) is 31.2 Å². The first kappa shape index (κ1) is 38.2. The van der Waals surface area contributed by atoms with Crippen LogP contribution >= 0.6 is 0 Å². The van der Waals surface area contributed by atoms with Crippen molar-refractivity contribution in [1.29, 1.82) is 0 Å². The van der Waals surface area contributed by atoms with E-state index in [0.717, 1.165) is 59.4 Å². The van der Waals surface area contributed by atoms with E-state index in [2.05, 4.69) is 44.8 Å². The quantitative estimate of drug-likeness (QED) is 0.152. The Hall–Kier alpha value is -5.07. The first-order valence-electron chi connectivity index (χ1n) is 19.2. The molecule has 3 amide bonds. The summed E-state index contributed by atoms with van der Waals surface area (Å²) in [7, 11) is 0. The summed E-state index contributed by atoms with van der Waals surface area (Å²) in [5, 5.41) is 18.5. The standard InChI is InChI=1S/C44H51N5O6/c1-30-39(27-48-23-21-44(22-24-48)42(52)46-29-49(44)37-11-7-4-8-12-37)54-41(55-40(30)35-17-15-34(28-50)16-18-35)36-19-13-33(14-20-36)26-45-43(53)47-38(31(2)51)25-32-9-5-3-6-10-32/h3-20,30,38-41,50H,21-29H2,1-2H3,(H,46,52)(H2,45,47,53)/t30-,38+,39+,40+,41?/m0/s1. The van der Waals surface area contributed by atoms with Gasteiger partial charge in [-0.15, -0.1) is 0 Å². The Morgan fingerprint density at radius 2 is 1.49 bits per heavy atom. The molecule has 0 aromatic heterocycles. The normalized spacial score (nSPS) is 22.9. The zero-order valence-electron chi connectivity index (χ0n) is 31.5. The van der Waals surface area contributed by atoms with Crippen molar-refractivity contribution >= 4 is 23.4 Å². The second-order valence-electron chi connectivity index (χ2n) is 15.0.